The molecule has 0 bridgehead atoms. The average molecular weight is 251 g/mol. The molecule has 2 aromatic rings. The predicted octanol–water partition coefficient (Wildman–Crippen LogP) is 4.01. The summed E-state index contributed by atoms with van der Waals surface area (Å²) in [5.41, 5.74) is 9.61. The molecule has 0 aliphatic carbocycles. The fourth-order valence-electron chi connectivity index (χ4n) is 1.91. The smallest absolute Gasteiger partial charge is 0.226 e. The fourth-order valence-corrected chi connectivity index (χ4v) is 2.08. The van der Waals surface area contributed by atoms with Crippen LogP contribution >= 0.6 is 11.6 Å². The summed E-state index contributed by atoms with van der Waals surface area (Å²) in [7, 11) is 0. The van der Waals surface area contributed by atoms with Crippen molar-refractivity contribution in [3.63, 3.8) is 0 Å². The molecule has 0 aliphatic rings. The van der Waals surface area contributed by atoms with Gasteiger partial charge in [0, 0.05) is 16.1 Å². The van der Waals surface area contributed by atoms with Gasteiger partial charge in [0.1, 0.15) is 5.69 Å². The Balaban J connectivity index is 2.64. The van der Waals surface area contributed by atoms with Gasteiger partial charge in [0.25, 0.3) is 0 Å². The van der Waals surface area contributed by atoms with Crippen molar-refractivity contribution < 1.29 is 4.52 Å². The number of benzene rings is 1. The molecule has 2 N–H and O–H groups in total. The van der Waals surface area contributed by atoms with Crippen LogP contribution in [0.15, 0.2) is 22.7 Å². The van der Waals surface area contributed by atoms with E-state index in [-0.39, 0.29) is 5.92 Å². The molecule has 1 heterocycles. The number of hydrogen-bond donors (Lipinski definition) is 1. The van der Waals surface area contributed by atoms with E-state index < -0.39 is 0 Å². The first-order valence-corrected chi connectivity index (χ1v) is 5.90. The fraction of sp³-hybridized carbons (Fsp3) is 0.308. The van der Waals surface area contributed by atoms with Crippen molar-refractivity contribution in [3.8, 4) is 11.3 Å². The topological polar surface area (TPSA) is 52.0 Å². The van der Waals surface area contributed by atoms with Crippen LogP contribution in [0.25, 0.3) is 11.3 Å². The number of halogens is 1. The van der Waals surface area contributed by atoms with Gasteiger partial charge in [-0.3, -0.25) is 0 Å². The second-order valence-corrected chi connectivity index (χ2v) is 4.86. The highest BCUT2D eigenvalue weighted by molar-refractivity contribution is 6.30. The Hall–Kier alpha value is -1.48. The summed E-state index contributed by atoms with van der Waals surface area (Å²) < 4.78 is 5.09. The number of rotatable bonds is 2. The van der Waals surface area contributed by atoms with Crippen LogP contribution in [0.5, 0.6) is 0 Å². The van der Waals surface area contributed by atoms with E-state index in [1.807, 2.05) is 25.1 Å². The van der Waals surface area contributed by atoms with Crippen molar-refractivity contribution in [2.24, 2.45) is 0 Å². The molecule has 2 rings (SSSR count). The van der Waals surface area contributed by atoms with Gasteiger partial charge in [-0.1, -0.05) is 36.7 Å². The summed E-state index contributed by atoms with van der Waals surface area (Å²) in [6.07, 6.45) is 0. The first-order valence-electron chi connectivity index (χ1n) is 5.52. The largest absolute Gasteiger partial charge is 0.367 e. The molecule has 1 aromatic carbocycles. The number of nitrogen functional groups attached to an aromatic ring is 1. The van der Waals surface area contributed by atoms with Gasteiger partial charge in [-0.15, -0.1) is 0 Å². The Bertz CT molecular complexity index is 546. The SMILES string of the molecule is Cc1ccc(Cl)cc1-c1noc(N)c1C(C)C. The highest BCUT2D eigenvalue weighted by Crippen LogP contribution is 2.35. The first kappa shape index (κ1) is 12.0. The molecule has 4 heteroatoms. The minimum atomic E-state index is 0.259. The monoisotopic (exact) mass is 250 g/mol. The van der Waals surface area contributed by atoms with Crippen molar-refractivity contribution in [1.29, 1.82) is 0 Å². The Labute approximate surface area is 106 Å². The van der Waals surface area contributed by atoms with Crippen LogP contribution < -0.4 is 5.73 Å². The number of nitrogens with two attached hydrogens (primary N) is 1. The van der Waals surface area contributed by atoms with Crippen LogP contribution in [0.3, 0.4) is 0 Å². The zero-order valence-electron chi connectivity index (χ0n) is 10.1. The van der Waals surface area contributed by atoms with Gasteiger partial charge in [-0.25, -0.2) is 0 Å². The first-order chi connectivity index (χ1) is 8.00. The van der Waals surface area contributed by atoms with Gasteiger partial charge in [-0.2, -0.15) is 0 Å². The Morgan fingerprint density at radius 2 is 2.06 bits per heavy atom. The Morgan fingerprint density at radius 3 is 2.71 bits per heavy atom. The van der Waals surface area contributed by atoms with Gasteiger partial charge in [0.2, 0.25) is 5.88 Å². The van der Waals surface area contributed by atoms with Gasteiger partial charge in [0.15, 0.2) is 0 Å². The molecule has 0 aliphatic heterocycles. The zero-order chi connectivity index (χ0) is 12.6. The summed E-state index contributed by atoms with van der Waals surface area (Å²) in [5, 5.41) is 4.73. The van der Waals surface area contributed by atoms with Crippen molar-refractivity contribution in [2.45, 2.75) is 26.7 Å². The van der Waals surface area contributed by atoms with Crippen LogP contribution in [0.4, 0.5) is 5.88 Å². The lowest BCUT2D eigenvalue weighted by Crippen LogP contribution is -1.95. The number of aromatic nitrogens is 1. The molecular weight excluding hydrogens is 236 g/mol. The summed E-state index contributed by atoms with van der Waals surface area (Å²) in [4.78, 5) is 0. The molecule has 0 fully saturated rings. The second kappa shape index (κ2) is 4.41. The lowest BCUT2D eigenvalue weighted by atomic mass is 9.96. The number of nitrogens with zero attached hydrogens (tertiary/aromatic N) is 1. The molecule has 17 heavy (non-hydrogen) atoms. The average Bonchev–Trinajstić information content (AvgIpc) is 2.64. The predicted molar refractivity (Wildman–Crippen MR) is 70.2 cm³/mol. The molecule has 0 saturated heterocycles. The molecule has 1 aromatic heterocycles. The third-order valence-corrected chi connectivity index (χ3v) is 3.02. The van der Waals surface area contributed by atoms with Crippen LogP contribution in [0, 0.1) is 6.92 Å². The lowest BCUT2D eigenvalue weighted by Gasteiger charge is -2.08. The van der Waals surface area contributed by atoms with Crippen LogP contribution in [-0.4, -0.2) is 5.16 Å². The van der Waals surface area contributed by atoms with Gasteiger partial charge in [-0.05, 0) is 30.5 Å². The maximum Gasteiger partial charge on any atom is 0.226 e. The van der Waals surface area contributed by atoms with E-state index in [1.54, 1.807) is 0 Å². The summed E-state index contributed by atoms with van der Waals surface area (Å²) in [6.45, 7) is 6.14. The van der Waals surface area contributed by atoms with E-state index in [4.69, 9.17) is 21.9 Å². The summed E-state index contributed by atoms with van der Waals surface area (Å²) in [6, 6.07) is 5.71. The van der Waals surface area contributed by atoms with E-state index in [9.17, 15) is 0 Å². The Morgan fingerprint density at radius 1 is 1.35 bits per heavy atom. The van der Waals surface area contributed by atoms with E-state index in [1.165, 1.54) is 0 Å². The molecule has 3 nitrogen and oxygen atoms in total. The normalized spacial score (nSPS) is 11.1. The molecule has 0 radical (unpaired) electrons. The number of hydrogen-bond acceptors (Lipinski definition) is 3. The second-order valence-electron chi connectivity index (χ2n) is 4.42. The highest BCUT2D eigenvalue weighted by atomic mass is 35.5. The van der Waals surface area contributed by atoms with Crippen molar-refractivity contribution in [3.05, 3.63) is 34.3 Å². The third kappa shape index (κ3) is 2.15. The van der Waals surface area contributed by atoms with Crippen molar-refractivity contribution in [2.75, 3.05) is 5.73 Å². The summed E-state index contributed by atoms with van der Waals surface area (Å²) >= 11 is 6.02. The van der Waals surface area contributed by atoms with Gasteiger partial charge >= 0.3 is 0 Å². The quantitative estimate of drug-likeness (QED) is 0.876. The molecule has 0 atom stereocenters. The lowest BCUT2D eigenvalue weighted by molar-refractivity contribution is 0.438. The van der Waals surface area contributed by atoms with Gasteiger partial charge < -0.3 is 10.3 Å². The zero-order valence-corrected chi connectivity index (χ0v) is 10.9. The van der Waals surface area contributed by atoms with Crippen molar-refractivity contribution >= 4 is 17.5 Å². The van der Waals surface area contributed by atoms with Crippen LogP contribution in [0.1, 0.15) is 30.9 Å². The summed E-state index contributed by atoms with van der Waals surface area (Å²) in [5.74, 6) is 0.643. The standard InChI is InChI=1S/C13H15ClN2O/c1-7(2)11-12(16-17-13(11)15)10-6-9(14)5-4-8(10)3/h4-7H,15H2,1-3H3. The minimum Gasteiger partial charge on any atom is -0.367 e. The number of aryl methyl sites for hydroxylation is 1. The highest BCUT2D eigenvalue weighted by Gasteiger charge is 2.19. The molecule has 0 amide bonds. The molecular formula is C13H15ClN2O. The van der Waals surface area contributed by atoms with Gasteiger partial charge in [0.05, 0.1) is 0 Å². The molecule has 90 valence electrons. The molecule has 0 spiro atoms. The number of anilines is 1. The molecule has 0 unspecified atom stereocenters. The van der Waals surface area contributed by atoms with E-state index in [0.717, 1.165) is 22.4 Å². The van der Waals surface area contributed by atoms with E-state index in [2.05, 4.69) is 19.0 Å². The van der Waals surface area contributed by atoms with E-state index >= 15 is 0 Å². The maximum absolute atomic E-state index is 6.02. The third-order valence-electron chi connectivity index (χ3n) is 2.79. The molecule has 0 saturated carbocycles. The van der Waals surface area contributed by atoms with E-state index in [0.29, 0.717) is 10.9 Å². The maximum atomic E-state index is 6.02. The Kier molecular flexibility index (Phi) is 3.11. The van der Waals surface area contributed by atoms with Crippen LogP contribution in [0.2, 0.25) is 5.02 Å². The van der Waals surface area contributed by atoms with Crippen molar-refractivity contribution in [1.82, 2.24) is 5.16 Å². The minimum absolute atomic E-state index is 0.259. The van der Waals surface area contributed by atoms with Crippen LogP contribution in [-0.2, 0) is 0 Å².